The highest BCUT2D eigenvalue weighted by atomic mass is 32.2. The summed E-state index contributed by atoms with van der Waals surface area (Å²) in [5.41, 5.74) is 6.80. The largest absolute Gasteiger partial charge is 0.360 e. The standard InChI is InChI=1S/C20H19FN4O4S/c1-12-18(19(24-29-12)13-2-4-14(21)5-3-13)20(26)23-22-15-8-10-17(11-9-15)30(27,28)25-16-6-7-16/h2-5,8-11,16,22,25H,6-7H2,1H3,(H,23,26). The van der Waals surface area contributed by atoms with Gasteiger partial charge in [-0.3, -0.25) is 15.6 Å². The van der Waals surface area contributed by atoms with E-state index in [1.54, 1.807) is 19.1 Å². The number of amides is 1. The predicted octanol–water partition coefficient (Wildman–Crippen LogP) is 2.99. The Hall–Kier alpha value is -3.24. The molecule has 0 unspecified atom stereocenters. The van der Waals surface area contributed by atoms with E-state index in [-0.39, 0.29) is 16.5 Å². The van der Waals surface area contributed by atoms with E-state index in [0.717, 1.165) is 12.8 Å². The van der Waals surface area contributed by atoms with Crippen LogP contribution in [0.25, 0.3) is 11.3 Å². The van der Waals surface area contributed by atoms with Crippen LogP contribution < -0.4 is 15.6 Å². The van der Waals surface area contributed by atoms with Crippen molar-refractivity contribution in [2.75, 3.05) is 5.43 Å². The molecule has 10 heteroatoms. The van der Waals surface area contributed by atoms with Crippen molar-refractivity contribution in [2.24, 2.45) is 0 Å². The monoisotopic (exact) mass is 430 g/mol. The number of rotatable bonds is 7. The van der Waals surface area contributed by atoms with Gasteiger partial charge in [0.15, 0.2) is 0 Å². The molecule has 1 aliphatic rings. The zero-order valence-corrected chi connectivity index (χ0v) is 16.8. The minimum Gasteiger partial charge on any atom is -0.360 e. The van der Waals surface area contributed by atoms with Crippen LogP contribution in [0.5, 0.6) is 0 Å². The van der Waals surface area contributed by atoms with E-state index in [2.05, 4.69) is 20.7 Å². The smallest absolute Gasteiger partial charge is 0.275 e. The van der Waals surface area contributed by atoms with E-state index in [9.17, 15) is 17.6 Å². The Morgan fingerprint density at radius 2 is 1.77 bits per heavy atom. The van der Waals surface area contributed by atoms with Gasteiger partial charge in [-0.2, -0.15) is 0 Å². The number of carbonyl (C=O) groups is 1. The topological polar surface area (TPSA) is 113 Å². The number of nitrogens with one attached hydrogen (secondary N) is 3. The molecule has 0 radical (unpaired) electrons. The second-order valence-corrected chi connectivity index (χ2v) is 8.68. The Kier molecular flexibility index (Phi) is 5.27. The van der Waals surface area contributed by atoms with Gasteiger partial charge in [0.25, 0.3) is 5.91 Å². The SMILES string of the molecule is Cc1onc(-c2ccc(F)cc2)c1C(=O)NNc1ccc(S(=O)(=O)NC2CC2)cc1. The molecule has 1 aromatic heterocycles. The first kappa shape index (κ1) is 20.0. The van der Waals surface area contributed by atoms with Gasteiger partial charge in [-0.25, -0.2) is 17.5 Å². The lowest BCUT2D eigenvalue weighted by Crippen LogP contribution is -2.30. The number of aromatic nitrogens is 1. The van der Waals surface area contributed by atoms with Crippen molar-refractivity contribution in [3.05, 3.63) is 65.7 Å². The fourth-order valence-corrected chi connectivity index (χ4v) is 4.15. The average Bonchev–Trinajstić information content (AvgIpc) is 3.45. The second kappa shape index (κ2) is 7.88. The number of benzene rings is 2. The third kappa shape index (κ3) is 4.34. The number of halogens is 1. The van der Waals surface area contributed by atoms with E-state index in [1.165, 1.54) is 36.4 Å². The molecule has 2 aromatic carbocycles. The Labute approximate surface area is 172 Å². The molecule has 3 N–H and O–H groups in total. The third-order valence-electron chi connectivity index (χ3n) is 4.59. The van der Waals surface area contributed by atoms with Crippen molar-refractivity contribution < 1.29 is 22.1 Å². The molecule has 0 spiro atoms. The molecule has 3 aromatic rings. The van der Waals surface area contributed by atoms with Crippen LogP contribution in [0.2, 0.25) is 0 Å². The van der Waals surface area contributed by atoms with E-state index in [0.29, 0.717) is 22.7 Å². The predicted molar refractivity (Wildman–Crippen MR) is 108 cm³/mol. The number of aryl methyl sites for hydroxylation is 1. The highest BCUT2D eigenvalue weighted by Crippen LogP contribution is 2.26. The van der Waals surface area contributed by atoms with E-state index in [1.807, 2.05) is 0 Å². The van der Waals surface area contributed by atoms with Crippen LogP contribution in [0.15, 0.2) is 57.9 Å². The van der Waals surface area contributed by atoms with E-state index < -0.39 is 21.7 Å². The highest BCUT2D eigenvalue weighted by Gasteiger charge is 2.28. The van der Waals surface area contributed by atoms with Gasteiger partial charge in [0.2, 0.25) is 10.0 Å². The minimum atomic E-state index is -3.54. The number of anilines is 1. The first-order chi connectivity index (χ1) is 14.3. The van der Waals surface area contributed by atoms with Gasteiger partial charge >= 0.3 is 0 Å². The first-order valence-electron chi connectivity index (χ1n) is 9.24. The van der Waals surface area contributed by atoms with Gasteiger partial charge in [-0.05, 0) is 68.3 Å². The van der Waals surface area contributed by atoms with Gasteiger partial charge in [0.05, 0.1) is 10.6 Å². The van der Waals surface area contributed by atoms with Crippen LogP contribution in [0, 0.1) is 12.7 Å². The molecule has 0 aliphatic heterocycles. The maximum absolute atomic E-state index is 13.2. The number of hydrogen-bond acceptors (Lipinski definition) is 6. The average molecular weight is 430 g/mol. The van der Waals surface area contributed by atoms with Gasteiger partial charge < -0.3 is 4.52 Å². The lowest BCUT2D eigenvalue weighted by molar-refractivity contribution is 0.0961. The summed E-state index contributed by atoms with van der Waals surface area (Å²) in [6.07, 6.45) is 1.71. The summed E-state index contributed by atoms with van der Waals surface area (Å²) in [6.45, 7) is 1.60. The Morgan fingerprint density at radius 1 is 1.10 bits per heavy atom. The van der Waals surface area contributed by atoms with Crippen LogP contribution in [0.4, 0.5) is 10.1 Å². The fourth-order valence-electron chi connectivity index (χ4n) is 2.84. The Balaban J connectivity index is 1.45. The summed E-state index contributed by atoms with van der Waals surface area (Å²) in [6, 6.07) is 11.6. The summed E-state index contributed by atoms with van der Waals surface area (Å²) >= 11 is 0. The molecular weight excluding hydrogens is 411 g/mol. The normalized spacial score (nSPS) is 13.8. The zero-order valence-electron chi connectivity index (χ0n) is 16.0. The van der Waals surface area contributed by atoms with Crippen molar-refractivity contribution in [3.63, 3.8) is 0 Å². The number of hydrazine groups is 1. The maximum atomic E-state index is 13.2. The molecule has 0 saturated heterocycles. The van der Waals surface area contributed by atoms with Crippen LogP contribution in [0.1, 0.15) is 29.0 Å². The lowest BCUT2D eigenvalue weighted by atomic mass is 10.1. The fraction of sp³-hybridized carbons (Fsp3) is 0.200. The van der Waals surface area contributed by atoms with Crippen molar-refractivity contribution >= 4 is 21.6 Å². The third-order valence-corrected chi connectivity index (χ3v) is 6.13. The zero-order chi connectivity index (χ0) is 21.3. The number of hydrogen-bond donors (Lipinski definition) is 3. The van der Waals surface area contributed by atoms with E-state index in [4.69, 9.17) is 4.52 Å². The van der Waals surface area contributed by atoms with E-state index >= 15 is 0 Å². The molecule has 30 heavy (non-hydrogen) atoms. The maximum Gasteiger partial charge on any atom is 0.275 e. The summed E-state index contributed by atoms with van der Waals surface area (Å²) in [5, 5.41) is 3.90. The summed E-state index contributed by atoms with van der Waals surface area (Å²) in [5.74, 6) is -0.592. The molecule has 4 rings (SSSR count). The molecule has 1 aliphatic carbocycles. The number of carbonyl (C=O) groups excluding carboxylic acids is 1. The van der Waals surface area contributed by atoms with Gasteiger partial charge in [0.1, 0.15) is 22.8 Å². The molecular formula is C20H19FN4O4S. The lowest BCUT2D eigenvalue weighted by Gasteiger charge is -2.10. The van der Waals surface area contributed by atoms with Gasteiger partial charge in [-0.15, -0.1) is 0 Å². The van der Waals surface area contributed by atoms with Crippen molar-refractivity contribution in [1.82, 2.24) is 15.3 Å². The van der Waals surface area contributed by atoms with Crippen LogP contribution in [-0.4, -0.2) is 25.5 Å². The highest BCUT2D eigenvalue weighted by molar-refractivity contribution is 7.89. The molecule has 1 fully saturated rings. The summed E-state index contributed by atoms with van der Waals surface area (Å²) in [7, 11) is -3.54. The summed E-state index contributed by atoms with van der Waals surface area (Å²) in [4.78, 5) is 12.8. The second-order valence-electron chi connectivity index (χ2n) is 6.97. The molecule has 0 bridgehead atoms. The van der Waals surface area contributed by atoms with Crippen LogP contribution in [-0.2, 0) is 10.0 Å². The molecule has 156 valence electrons. The van der Waals surface area contributed by atoms with Crippen LogP contribution in [0.3, 0.4) is 0 Å². The molecule has 0 atom stereocenters. The molecule has 1 heterocycles. The Bertz CT molecular complexity index is 1170. The molecule has 1 saturated carbocycles. The van der Waals surface area contributed by atoms with Crippen LogP contribution >= 0.6 is 0 Å². The minimum absolute atomic E-state index is 0.0224. The van der Waals surface area contributed by atoms with Crippen molar-refractivity contribution in [2.45, 2.75) is 30.7 Å². The number of sulfonamides is 1. The molecule has 1 amide bonds. The van der Waals surface area contributed by atoms with Crippen molar-refractivity contribution in [3.8, 4) is 11.3 Å². The van der Waals surface area contributed by atoms with Crippen molar-refractivity contribution in [1.29, 1.82) is 0 Å². The Morgan fingerprint density at radius 3 is 2.40 bits per heavy atom. The number of nitrogens with zero attached hydrogens (tertiary/aromatic N) is 1. The van der Waals surface area contributed by atoms with Gasteiger partial charge in [-0.1, -0.05) is 5.16 Å². The molecule has 8 nitrogen and oxygen atoms in total. The summed E-state index contributed by atoms with van der Waals surface area (Å²) < 4.78 is 45.3. The first-order valence-corrected chi connectivity index (χ1v) is 10.7. The van der Waals surface area contributed by atoms with Gasteiger partial charge in [0, 0.05) is 11.6 Å². The quantitative estimate of drug-likeness (QED) is 0.497.